The molecule has 0 saturated heterocycles. The lowest BCUT2D eigenvalue weighted by molar-refractivity contribution is 0.0118. The van der Waals surface area contributed by atoms with Crippen LogP contribution in [0.1, 0.15) is 10.4 Å². The van der Waals surface area contributed by atoms with E-state index in [0.29, 0.717) is 0 Å². The molecule has 0 spiro atoms. The Morgan fingerprint density at radius 2 is 2.00 bits per heavy atom. The largest absolute Gasteiger partial charge is 0.496 e. The van der Waals surface area contributed by atoms with Crippen LogP contribution in [0.5, 0.6) is 5.75 Å². The first-order valence-corrected chi connectivity index (χ1v) is 7.22. The molecule has 0 bridgehead atoms. The molecule has 0 heterocycles. The molecule has 0 aromatic heterocycles. The molecule has 0 atom stereocenters. The van der Waals surface area contributed by atoms with Gasteiger partial charge in [-0.05, 0) is 18.2 Å². The fourth-order valence-corrected chi connectivity index (χ4v) is 1.96. The number of hydrogen-bond donors (Lipinski definition) is 3. The number of hydrogen-bond acceptors (Lipinski definition) is 5. The summed E-state index contributed by atoms with van der Waals surface area (Å²) in [6.07, 6.45) is 0. The quantitative estimate of drug-likeness (QED) is 0.663. The van der Waals surface area contributed by atoms with Gasteiger partial charge in [0, 0.05) is 0 Å². The second-order valence-corrected chi connectivity index (χ2v) is 5.71. The maximum Gasteiger partial charge on any atom is 0.277 e. The van der Waals surface area contributed by atoms with Gasteiger partial charge in [0.1, 0.15) is 5.75 Å². The number of sulfonamides is 1. The third-order valence-electron chi connectivity index (χ3n) is 2.55. The smallest absolute Gasteiger partial charge is 0.277 e. The Morgan fingerprint density at radius 3 is 2.45 bits per heavy atom. The van der Waals surface area contributed by atoms with Crippen LogP contribution < -0.4 is 20.9 Å². The number of carbonyl (C=O) groups is 1. The fraction of sp³-hybridized carbons (Fsp3) is 0.364. The van der Waals surface area contributed by atoms with E-state index in [-0.39, 0.29) is 28.6 Å². The maximum absolute atomic E-state index is 13.0. The average Bonchev–Trinajstić information content (AvgIpc) is 2.43. The van der Waals surface area contributed by atoms with Crippen molar-refractivity contribution < 1.29 is 26.7 Å². The van der Waals surface area contributed by atoms with E-state index in [9.17, 15) is 22.0 Å². The first-order valence-electron chi connectivity index (χ1n) is 5.67. The lowest BCUT2D eigenvalue weighted by atomic mass is 10.2. The summed E-state index contributed by atoms with van der Waals surface area (Å²) in [5.74, 6) is -4.16. The summed E-state index contributed by atoms with van der Waals surface area (Å²) in [4.78, 5) is 11.5. The predicted molar refractivity (Wildman–Crippen MR) is 77.9 cm³/mol. The zero-order valence-electron chi connectivity index (χ0n) is 11.5. The van der Waals surface area contributed by atoms with Gasteiger partial charge < -0.3 is 15.8 Å². The summed E-state index contributed by atoms with van der Waals surface area (Å²) >= 11 is 0. The van der Waals surface area contributed by atoms with Gasteiger partial charge in [-0.1, -0.05) is 0 Å². The first kappa shape index (κ1) is 20.5. The minimum atomic E-state index is -4.04. The highest BCUT2D eigenvalue weighted by molar-refractivity contribution is 7.89. The molecular weight excluding hydrogens is 344 g/mol. The van der Waals surface area contributed by atoms with Crippen LogP contribution in [0, 0.1) is 0 Å². The predicted octanol–water partition coefficient (Wildman–Crippen LogP) is 0.0882. The van der Waals surface area contributed by atoms with Crippen molar-refractivity contribution in [3.8, 4) is 5.75 Å². The van der Waals surface area contributed by atoms with Gasteiger partial charge in [-0.2, -0.15) is 0 Å². The third-order valence-corrected chi connectivity index (χ3v) is 3.46. The van der Waals surface area contributed by atoms with E-state index in [2.05, 4.69) is 0 Å². The molecule has 0 saturated carbocycles. The summed E-state index contributed by atoms with van der Waals surface area (Å²) in [6.45, 7) is -1.91. The number of rotatable bonds is 6. The molecular formula is C11H16ClF2N3O4S. The van der Waals surface area contributed by atoms with Crippen molar-refractivity contribution in [1.29, 1.82) is 0 Å². The standard InChI is InChI=1S/C11H15F2N3O4S.ClH/c1-20-9-3-2-7(21(15,18)19)4-8(9)10(17)16-6-11(12,13)5-14;/h2-4H,5-6,14H2,1H3,(H,16,17)(H2,15,18,19);1H. The normalized spacial score (nSPS) is 11.5. The number of amides is 1. The van der Waals surface area contributed by atoms with E-state index >= 15 is 0 Å². The second kappa shape index (κ2) is 7.68. The van der Waals surface area contributed by atoms with Crippen molar-refractivity contribution in [2.75, 3.05) is 20.2 Å². The van der Waals surface area contributed by atoms with E-state index < -0.39 is 34.9 Å². The average molecular weight is 360 g/mol. The Bertz CT molecular complexity index is 640. The zero-order valence-corrected chi connectivity index (χ0v) is 13.1. The van der Waals surface area contributed by atoms with Gasteiger partial charge in [0.25, 0.3) is 11.8 Å². The Kier molecular flexibility index (Phi) is 7.16. The molecule has 7 nitrogen and oxygen atoms in total. The minimum Gasteiger partial charge on any atom is -0.496 e. The molecule has 0 unspecified atom stereocenters. The van der Waals surface area contributed by atoms with E-state index in [1.807, 2.05) is 5.32 Å². The zero-order chi connectivity index (χ0) is 16.3. The van der Waals surface area contributed by atoms with Crippen molar-refractivity contribution in [2.45, 2.75) is 10.8 Å². The molecule has 11 heteroatoms. The summed E-state index contributed by atoms with van der Waals surface area (Å²) < 4.78 is 53.3. The number of primary sulfonamides is 1. The lowest BCUT2D eigenvalue weighted by Gasteiger charge is -2.15. The van der Waals surface area contributed by atoms with E-state index in [1.165, 1.54) is 13.2 Å². The van der Waals surface area contributed by atoms with Crippen LogP contribution in [0.4, 0.5) is 8.78 Å². The number of methoxy groups -OCH3 is 1. The third kappa shape index (κ3) is 5.37. The maximum atomic E-state index is 13.0. The molecule has 0 aliphatic heterocycles. The second-order valence-electron chi connectivity index (χ2n) is 4.15. The lowest BCUT2D eigenvalue weighted by Crippen LogP contribution is -2.41. The molecule has 1 aromatic carbocycles. The van der Waals surface area contributed by atoms with Crippen molar-refractivity contribution in [2.24, 2.45) is 10.9 Å². The summed E-state index contributed by atoms with van der Waals surface area (Å²) in [7, 11) is -2.79. The topological polar surface area (TPSA) is 125 Å². The Labute approximate surface area is 132 Å². The molecule has 1 aromatic rings. The highest BCUT2D eigenvalue weighted by Gasteiger charge is 2.28. The van der Waals surface area contributed by atoms with Crippen molar-refractivity contribution in [1.82, 2.24) is 5.32 Å². The minimum absolute atomic E-state index is 0. The van der Waals surface area contributed by atoms with Crippen molar-refractivity contribution in [3.05, 3.63) is 23.8 Å². The number of ether oxygens (including phenoxy) is 1. The van der Waals surface area contributed by atoms with Gasteiger partial charge in [-0.15, -0.1) is 12.4 Å². The molecule has 126 valence electrons. The van der Waals surface area contributed by atoms with Crippen molar-refractivity contribution >= 4 is 28.3 Å². The number of nitrogens with one attached hydrogen (secondary N) is 1. The number of halogens is 3. The van der Waals surface area contributed by atoms with E-state index in [4.69, 9.17) is 15.6 Å². The number of benzene rings is 1. The molecule has 1 rings (SSSR count). The van der Waals surface area contributed by atoms with Crippen LogP contribution >= 0.6 is 12.4 Å². The highest BCUT2D eigenvalue weighted by atomic mass is 35.5. The van der Waals surface area contributed by atoms with Crippen molar-refractivity contribution in [3.63, 3.8) is 0 Å². The summed E-state index contributed by atoms with van der Waals surface area (Å²) in [5, 5.41) is 6.90. The fourth-order valence-electron chi connectivity index (χ4n) is 1.42. The van der Waals surface area contributed by atoms with Gasteiger partial charge in [0.05, 0.1) is 30.7 Å². The number of carbonyl (C=O) groups excluding carboxylic acids is 1. The van der Waals surface area contributed by atoms with E-state index in [0.717, 1.165) is 12.1 Å². The molecule has 0 aliphatic rings. The molecule has 0 fully saturated rings. The molecule has 0 aliphatic carbocycles. The summed E-state index contributed by atoms with van der Waals surface area (Å²) in [5.41, 5.74) is 4.62. The van der Waals surface area contributed by atoms with Crippen LogP contribution in [0.15, 0.2) is 23.1 Å². The Balaban J connectivity index is 0.00000441. The molecule has 1 amide bonds. The molecule has 0 radical (unpaired) electrons. The number of alkyl halides is 2. The monoisotopic (exact) mass is 359 g/mol. The molecule has 22 heavy (non-hydrogen) atoms. The van der Waals surface area contributed by atoms with Crippen LogP contribution in [0.2, 0.25) is 0 Å². The van der Waals surface area contributed by atoms with Gasteiger partial charge in [-0.3, -0.25) is 4.79 Å². The van der Waals surface area contributed by atoms with Gasteiger partial charge >= 0.3 is 0 Å². The van der Waals surface area contributed by atoms with Crippen LogP contribution in [-0.2, 0) is 10.0 Å². The number of nitrogens with two attached hydrogens (primary N) is 2. The Hall–Kier alpha value is -1.49. The Morgan fingerprint density at radius 1 is 1.41 bits per heavy atom. The first-order chi connectivity index (χ1) is 9.60. The van der Waals surface area contributed by atoms with Gasteiger partial charge in [0.2, 0.25) is 10.0 Å². The van der Waals surface area contributed by atoms with Crippen LogP contribution in [0.3, 0.4) is 0 Å². The van der Waals surface area contributed by atoms with E-state index in [1.54, 1.807) is 0 Å². The van der Waals surface area contributed by atoms with Crippen LogP contribution in [-0.4, -0.2) is 40.4 Å². The molecule has 5 N–H and O–H groups in total. The summed E-state index contributed by atoms with van der Waals surface area (Å²) in [6, 6.07) is 3.29. The van der Waals surface area contributed by atoms with Gasteiger partial charge in [0.15, 0.2) is 0 Å². The van der Waals surface area contributed by atoms with Gasteiger partial charge in [-0.25, -0.2) is 22.3 Å². The highest BCUT2D eigenvalue weighted by Crippen LogP contribution is 2.22. The SMILES string of the molecule is COc1ccc(S(N)(=O)=O)cc1C(=O)NCC(F)(F)CN.Cl. The van der Waals surface area contributed by atoms with Crippen LogP contribution in [0.25, 0.3) is 0 Å².